The summed E-state index contributed by atoms with van der Waals surface area (Å²) in [5.41, 5.74) is 0.568. The van der Waals surface area contributed by atoms with E-state index in [-0.39, 0.29) is 23.0 Å². The number of halogens is 1. The smallest absolute Gasteiger partial charge is 0.251 e. The quantitative estimate of drug-likeness (QED) is 0.941. The van der Waals surface area contributed by atoms with Gasteiger partial charge in [-0.2, -0.15) is 0 Å². The third-order valence-electron chi connectivity index (χ3n) is 3.72. The molecule has 1 heterocycles. The van der Waals surface area contributed by atoms with E-state index in [4.69, 9.17) is 0 Å². The summed E-state index contributed by atoms with van der Waals surface area (Å²) < 4.78 is 25.2. The maximum absolute atomic E-state index is 12.9. The van der Waals surface area contributed by atoms with Gasteiger partial charge in [-0.3, -0.25) is 14.0 Å². The van der Waals surface area contributed by atoms with Crippen LogP contribution >= 0.6 is 0 Å². The molecule has 4 nitrogen and oxygen atoms in total. The number of amides is 1. The van der Waals surface area contributed by atoms with Crippen molar-refractivity contribution in [2.45, 2.75) is 29.0 Å². The molecular weight excluding hydrogens is 303 g/mol. The Kier molecular flexibility index (Phi) is 4.29. The number of carbonyl (C=O) groups excluding carboxylic acids is 1. The maximum Gasteiger partial charge on any atom is 0.251 e. The number of pyridine rings is 1. The van der Waals surface area contributed by atoms with Gasteiger partial charge in [0.1, 0.15) is 5.82 Å². The van der Waals surface area contributed by atoms with Crippen LogP contribution in [0.5, 0.6) is 0 Å². The molecule has 1 saturated carbocycles. The second-order valence-corrected chi connectivity index (χ2v) is 6.98. The predicted molar refractivity (Wildman–Crippen MR) is 81.3 cm³/mol. The van der Waals surface area contributed by atoms with E-state index in [1.165, 1.54) is 12.1 Å². The van der Waals surface area contributed by atoms with Gasteiger partial charge in [-0.25, -0.2) is 4.39 Å². The monoisotopic (exact) mass is 318 g/mol. The van der Waals surface area contributed by atoms with Gasteiger partial charge in [-0.05, 0) is 49.2 Å². The number of carbonyl (C=O) groups is 1. The summed E-state index contributed by atoms with van der Waals surface area (Å²) in [5.74, 6) is -0.477. The lowest BCUT2D eigenvalue weighted by molar-refractivity contribution is 0.0918. The minimum atomic E-state index is -1.16. The second-order valence-electron chi connectivity index (χ2n) is 5.25. The van der Waals surface area contributed by atoms with Crippen LogP contribution in [0.4, 0.5) is 4.39 Å². The minimum absolute atomic E-state index is 0.00759. The normalized spacial score (nSPS) is 21.7. The first-order valence-corrected chi connectivity index (χ1v) is 8.22. The highest BCUT2D eigenvalue weighted by Gasteiger charge is 2.35. The van der Waals surface area contributed by atoms with E-state index in [1.54, 1.807) is 36.7 Å². The first-order valence-electron chi connectivity index (χ1n) is 7.00. The molecule has 1 amide bonds. The number of rotatable bonds is 4. The maximum atomic E-state index is 12.9. The molecule has 0 aliphatic heterocycles. The SMILES string of the molecule is O=C(NC1CC(S(=O)c2ccc(F)cc2)C1)c1ccncc1. The number of nitrogens with zero attached hydrogens (tertiary/aromatic N) is 1. The molecule has 1 N–H and O–H groups in total. The average molecular weight is 318 g/mol. The topological polar surface area (TPSA) is 59.1 Å². The highest BCUT2D eigenvalue weighted by Crippen LogP contribution is 2.29. The van der Waals surface area contributed by atoms with Gasteiger partial charge in [0.2, 0.25) is 0 Å². The first-order chi connectivity index (χ1) is 10.6. The van der Waals surface area contributed by atoms with Crippen LogP contribution in [0.15, 0.2) is 53.7 Å². The molecular formula is C16H15FN2O2S. The van der Waals surface area contributed by atoms with Crippen molar-refractivity contribution in [3.8, 4) is 0 Å². The molecule has 0 radical (unpaired) electrons. The Bertz CT molecular complexity index is 685. The molecule has 114 valence electrons. The molecule has 0 saturated heterocycles. The third-order valence-corrected chi connectivity index (χ3v) is 5.45. The Morgan fingerprint density at radius 3 is 2.41 bits per heavy atom. The van der Waals surface area contributed by atoms with E-state index >= 15 is 0 Å². The average Bonchev–Trinajstić information content (AvgIpc) is 2.51. The van der Waals surface area contributed by atoms with Crippen LogP contribution in [0.2, 0.25) is 0 Å². The number of benzene rings is 1. The Morgan fingerprint density at radius 1 is 1.14 bits per heavy atom. The molecule has 1 atom stereocenters. The molecule has 1 fully saturated rings. The number of hydrogen-bond donors (Lipinski definition) is 1. The molecule has 1 aromatic heterocycles. The van der Waals surface area contributed by atoms with E-state index in [0.29, 0.717) is 23.3 Å². The third kappa shape index (κ3) is 3.22. The second kappa shape index (κ2) is 6.36. The number of aromatic nitrogens is 1. The Morgan fingerprint density at radius 2 is 1.77 bits per heavy atom. The number of hydrogen-bond acceptors (Lipinski definition) is 3. The molecule has 6 heteroatoms. The standard InChI is InChI=1S/C16H15FN2O2S/c17-12-1-3-14(4-2-12)22(21)15-9-13(10-15)19-16(20)11-5-7-18-8-6-11/h1-8,13,15H,9-10H2,(H,19,20). The summed E-state index contributed by atoms with van der Waals surface area (Å²) in [6, 6.07) is 9.07. The van der Waals surface area contributed by atoms with E-state index < -0.39 is 10.8 Å². The lowest BCUT2D eigenvalue weighted by Gasteiger charge is -2.35. The van der Waals surface area contributed by atoms with Crippen LogP contribution in [-0.4, -0.2) is 26.4 Å². The highest BCUT2D eigenvalue weighted by molar-refractivity contribution is 7.85. The summed E-state index contributed by atoms with van der Waals surface area (Å²) in [6.07, 6.45) is 4.48. The molecule has 1 aliphatic carbocycles. The van der Waals surface area contributed by atoms with E-state index in [0.717, 1.165) is 0 Å². The highest BCUT2D eigenvalue weighted by atomic mass is 32.2. The van der Waals surface area contributed by atoms with Gasteiger partial charge in [0.05, 0.1) is 10.8 Å². The van der Waals surface area contributed by atoms with Gasteiger partial charge >= 0.3 is 0 Å². The van der Waals surface area contributed by atoms with Crippen LogP contribution < -0.4 is 5.32 Å². The molecule has 3 rings (SSSR count). The molecule has 0 spiro atoms. The van der Waals surface area contributed by atoms with E-state index in [2.05, 4.69) is 10.3 Å². The number of nitrogens with one attached hydrogen (secondary N) is 1. The van der Waals surface area contributed by atoms with Crippen molar-refractivity contribution in [2.75, 3.05) is 0 Å². The fourth-order valence-electron chi connectivity index (χ4n) is 2.39. The van der Waals surface area contributed by atoms with E-state index in [9.17, 15) is 13.4 Å². The van der Waals surface area contributed by atoms with Crippen LogP contribution in [-0.2, 0) is 10.8 Å². The van der Waals surface area contributed by atoms with Crippen LogP contribution in [0.25, 0.3) is 0 Å². The van der Waals surface area contributed by atoms with Gasteiger partial charge < -0.3 is 5.32 Å². The lowest BCUT2D eigenvalue weighted by Crippen LogP contribution is -2.48. The summed E-state index contributed by atoms with van der Waals surface area (Å²) in [6.45, 7) is 0. The lowest BCUT2D eigenvalue weighted by atomic mass is 9.92. The molecule has 2 aromatic rings. The van der Waals surface area contributed by atoms with Gasteiger partial charge in [0, 0.05) is 34.1 Å². The zero-order chi connectivity index (χ0) is 15.5. The first kappa shape index (κ1) is 14.8. The largest absolute Gasteiger partial charge is 0.349 e. The summed E-state index contributed by atoms with van der Waals surface area (Å²) in [5, 5.41) is 2.92. The molecule has 1 unspecified atom stereocenters. The zero-order valence-electron chi connectivity index (χ0n) is 11.7. The van der Waals surface area contributed by atoms with Crippen molar-refractivity contribution in [1.82, 2.24) is 10.3 Å². The van der Waals surface area contributed by atoms with Crippen LogP contribution in [0, 0.1) is 5.82 Å². The summed E-state index contributed by atoms with van der Waals surface area (Å²) in [4.78, 5) is 16.5. The van der Waals surface area contributed by atoms with E-state index in [1.807, 2.05) is 0 Å². The molecule has 22 heavy (non-hydrogen) atoms. The van der Waals surface area contributed by atoms with Crippen molar-refractivity contribution in [2.24, 2.45) is 0 Å². The van der Waals surface area contributed by atoms with Gasteiger partial charge in [0.25, 0.3) is 5.91 Å². The minimum Gasteiger partial charge on any atom is -0.349 e. The summed E-state index contributed by atoms with van der Waals surface area (Å²) >= 11 is 0. The van der Waals surface area contributed by atoms with Crippen molar-refractivity contribution in [3.05, 3.63) is 60.2 Å². The fourth-order valence-corrected chi connectivity index (χ4v) is 3.99. The van der Waals surface area contributed by atoms with Crippen molar-refractivity contribution < 1.29 is 13.4 Å². The predicted octanol–water partition coefficient (Wildman–Crippen LogP) is 2.29. The molecule has 1 aromatic carbocycles. The van der Waals surface area contributed by atoms with Crippen molar-refractivity contribution in [3.63, 3.8) is 0 Å². The van der Waals surface area contributed by atoms with Crippen LogP contribution in [0.3, 0.4) is 0 Å². The Labute approximate surface area is 130 Å². The molecule has 1 aliphatic rings. The van der Waals surface area contributed by atoms with Gasteiger partial charge in [-0.1, -0.05) is 0 Å². The fraction of sp³-hybridized carbons (Fsp3) is 0.250. The van der Waals surface area contributed by atoms with Crippen molar-refractivity contribution >= 4 is 16.7 Å². The Balaban J connectivity index is 1.53. The van der Waals surface area contributed by atoms with Gasteiger partial charge in [-0.15, -0.1) is 0 Å². The zero-order valence-corrected chi connectivity index (χ0v) is 12.6. The van der Waals surface area contributed by atoms with Gasteiger partial charge in [0.15, 0.2) is 0 Å². The Hall–Kier alpha value is -2.08. The molecule has 0 bridgehead atoms. The summed E-state index contributed by atoms with van der Waals surface area (Å²) in [7, 11) is -1.16. The van der Waals surface area contributed by atoms with Crippen molar-refractivity contribution in [1.29, 1.82) is 0 Å². The van der Waals surface area contributed by atoms with Crippen LogP contribution in [0.1, 0.15) is 23.2 Å².